The van der Waals surface area contributed by atoms with Crippen LogP contribution in [0.5, 0.6) is 0 Å². The van der Waals surface area contributed by atoms with E-state index in [0.29, 0.717) is 16.7 Å². The Bertz CT molecular complexity index is 409. The van der Waals surface area contributed by atoms with Crippen molar-refractivity contribution in [2.75, 3.05) is 12.4 Å². The summed E-state index contributed by atoms with van der Waals surface area (Å²) in [6, 6.07) is 0. The second-order valence-electron chi connectivity index (χ2n) is 3.11. The largest absolute Gasteiger partial charge is 0.497 e. The van der Waals surface area contributed by atoms with Gasteiger partial charge >= 0.3 is 0 Å². The topological polar surface area (TPSA) is 9.23 Å². The number of hydrogen-bond donors (Lipinski definition) is 0. The van der Waals surface area contributed by atoms with Gasteiger partial charge in [-0.15, -0.1) is 5.73 Å². The number of allylic oxidation sites excluding steroid dienone is 4. The van der Waals surface area contributed by atoms with Gasteiger partial charge in [0.1, 0.15) is 11.6 Å². The van der Waals surface area contributed by atoms with Gasteiger partial charge in [-0.05, 0) is 24.6 Å². The van der Waals surface area contributed by atoms with Crippen LogP contribution in [0.3, 0.4) is 0 Å². The van der Waals surface area contributed by atoms with Crippen molar-refractivity contribution in [3.8, 4) is 0 Å². The summed E-state index contributed by atoms with van der Waals surface area (Å²) in [6.07, 6.45) is 3.17. The highest BCUT2D eigenvalue weighted by Gasteiger charge is 2.10. The van der Waals surface area contributed by atoms with E-state index in [0.717, 1.165) is 11.1 Å². The number of hydrogen-bond acceptors (Lipinski definition) is 1. The lowest BCUT2D eigenvalue weighted by atomic mass is 10.1. The second-order valence-corrected chi connectivity index (χ2v) is 3.67. The zero-order valence-corrected chi connectivity index (χ0v) is 10.3. The summed E-state index contributed by atoms with van der Waals surface area (Å²) in [7, 11) is 1.54. The van der Waals surface area contributed by atoms with E-state index >= 15 is 0 Å². The third kappa shape index (κ3) is 2.71. The Morgan fingerprint density at radius 1 is 1.67 bits per heavy atom. The Hall–Kier alpha value is -1.05. The first-order valence-electron chi connectivity index (χ1n) is 4.43. The molecule has 15 heavy (non-hydrogen) atoms. The maximum absolute atomic E-state index is 13.4. The zero-order chi connectivity index (χ0) is 11.4. The summed E-state index contributed by atoms with van der Waals surface area (Å²) >= 11 is 3.31. The van der Waals surface area contributed by atoms with Crippen LogP contribution in [0.4, 0.5) is 4.39 Å². The molecule has 0 aromatic carbocycles. The van der Waals surface area contributed by atoms with Crippen molar-refractivity contribution in [3.05, 3.63) is 52.8 Å². The highest BCUT2D eigenvalue weighted by atomic mass is 79.9. The van der Waals surface area contributed by atoms with Crippen LogP contribution in [0, 0.1) is 0 Å². The molecule has 80 valence electrons. The van der Waals surface area contributed by atoms with Crippen molar-refractivity contribution in [2.45, 2.75) is 6.92 Å². The van der Waals surface area contributed by atoms with Crippen LogP contribution in [0.15, 0.2) is 52.8 Å². The molecule has 0 saturated heterocycles. The minimum absolute atomic E-state index is 0.278. The van der Waals surface area contributed by atoms with Crippen molar-refractivity contribution >= 4 is 15.9 Å². The molecule has 0 fully saturated rings. The van der Waals surface area contributed by atoms with E-state index in [1.54, 1.807) is 13.0 Å². The Kier molecular flexibility index (Phi) is 4.13. The van der Waals surface area contributed by atoms with Gasteiger partial charge in [-0.2, -0.15) is 0 Å². The number of rotatable bonds is 3. The van der Waals surface area contributed by atoms with Crippen molar-refractivity contribution in [1.29, 1.82) is 0 Å². The summed E-state index contributed by atoms with van der Waals surface area (Å²) in [6.45, 7) is 5.43. The van der Waals surface area contributed by atoms with Crippen LogP contribution in [-0.4, -0.2) is 12.4 Å². The Labute approximate surface area is 97.4 Å². The SMILES string of the molecule is C=C(OC)C1=C(CBr)C=C(F)C(C)=C=C1. The van der Waals surface area contributed by atoms with Gasteiger partial charge in [0.2, 0.25) is 0 Å². The predicted octanol–water partition coefficient (Wildman–Crippen LogP) is 3.81. The van der Waals surface area contributed by atoms with E-state index in [1.165, 1.54) is 13.2 Å². The molecular weight excluding hydrogens is 259 g/mol. The van der Waals surface area contributed by atoms with E-state index in [1.807, 2.05) is 0 Å². The molecule has 0 unspecified atom stereocenters. The highest BCUT2D eigenvalue weighted by molar-refractivity contribution is 9.09. The summed E-state index contributed by atoms with van der Waals surface area (Å²) in [4.78, 5) is 0. The third-order valence-electron chi connectivity index (χ3n) is 2.13. The van der Waals surface area contributed by atoms with Crippen molar-refractivity contribution < 1.29 is 9.13 Å². The molecule has 1 aliphatic carbocycles. The smallest absolute Gasteiger partial charge is 0.134 e. The number of alkyl halides is 1. The molecule has 3 heteroatoms. The van der Waals surface area contributed by atoms with Gasteiger partial charge in [-0.3, -0.25) is 0 Å². The summed E-state index contributed by atoms with van der Waals surface area (Å²) in [5.41, 5.74) is 4.89. The molecule has 1 rings (SSSR count). The van der Waals surface area contributed by atoms with Gasteiger partial charge < -0.3 is 4.74 Å². The molecule has 0 N–H and O–H groups in total. The van der Waals surface area contributed by atoms with Crippen LogP contribution in [0.2, 0.25) is 0 Å². The van der Waals surface area contributed by atoms with Gasteiger partial charge in [-0.1, -0.05) is 22.5 Å². The molecule has 0 aromatic heterocycles. The average Bonchev–Trinajstić information content (AvgIpc) is 2.38. The molecule has 0 radical (unpaired) electrons. The van der Waals surface area contributed by atoms with E-state index in [-0.39, 0.29) is 5.83 Å². The summed E-state index contributed by atoms with van der Waals surface area (Å²) in [5.74, 6) is 0.232. The lowest BCUT2D eigenvalue weighted by molar-refractivity contribution is 0.304. The van der Waals surface area contributed by atoms with Crippen LogP contribution in [0.25, 0.3) is 0 Å². The van der Waals surface area contributed by atoms with E-state index in [2.05, 4.69) is 28.2 Å². The molecule has 0 saturated carbocycles. The van der Waals surface area contributed by atoms with E-state index < -0.39 is 0 Å². The van der Waals surface area contributed by atoms with Gasteiger partial charge in [-0.25, -0.2) is 4.39 Å². The Morgan fingerprint density at radius 2 is 2.33 bits per heavy atom. The van der Waals surface area contributed by atoms with Gasteiger partial charge in [0.25, 0.3) is 0 Å². The molecule has 1 aliphatic rings. The summed E-state index contributed by atoms with van der Waals surface area (Å²) < 4.78 is 18.5. The lowest BCUT2D eigenvalue weighted by Crippen LogP contribution is -1.94. The van der Waals surface area contributed by atoms with Gasteiger partial charge in [0.05, 0.1) is 7.11 Å². The normalized spacial score (nSPS) is 15.7. The average molecular weight is 271 g/mol. The van der Waals surface area contributed by atoms with Crippen LogP contribution < -0.4 is 0 Å². The van der Waals surface area contributed by atoms with E-state index in [4.69, 9.17) is 4.74 Å². The highest BCUT2D eigenvalue weighted by Crippen LogP contribution is 2.24. The fourth-order valence-corrected chi connectivity index (χ4v) is 1.63. The maximum Gasteiger partial charge on any atom is 0.134 e. The van der Waals surface area contributed by atoms with Crippen molar-refractivity contribution in [3.63, 3.8) is 0 Å². The maximum atomic E-state index is 13.4. The molecule has 0 aliphatic heterocycles. The van der Waals surface area contributed by atoms with Crippen LogP contribution in [-0.2, 0) is 4.74 Å². The van der Waals surface area contributed by atoms with Crippen LogP contribution >= 0.6 is 15.9 Å². The fraction of sp³-hybridized carbons (Fsp3) is 0.250. The molecule has 1 nitrogen and oxygen atoms in total. The fourth-order valence-electron chi connectivity index (χ4n) is 1.16. The molecule has 0 atom stereocenters. The molecule has 0 bridgehead atoms. The number of halogens is 2. The van der Waals surface area contributed by atoms with Crippen LogP contribution in [0.1, 0.15) is 6.92 Å². The molecule has 0 amide bonds. The van der Waals surface area contributed by atoms with E-state index in [9.17, 15) is 4.39 Å². The van der Waals surface area contributed by atoms with Crippen molar-refractivity contribution in [2.24, 2.45) is 0 Å². The first-order chi connectivity index (χ1) is 7.10. The Morgan fingerprint density at radius 3 is 2.87 bits per heavy atom. The first kappa shape index (κ1) is 12.0. The zero-order valence-electron chi connectivity index (χ0n) is 8.73. The standard InChI is InChI=1S/C12H12BrFO/c1-8-4-5-11(9(2)15-3)10(7-13)6-12(8)14/h5-6H,2,7H2,1,3H3. The molecule has 0 aromatic rings. The van der Waals surface area contributed by atoms with Crippen molar-refractivity contribution in [1.82, 2.24) is 0 Å². The molecular formula is C12H12BrFO. The predicted molar refractivity (Wildman–Crippen MR) is 63.4 cm³/mol. The third-order valence-corrected chi connectivity index (χ3v) is 2.73. The van der Waals surface area contributed by atoms with Gasteiger partial charge in [0.15, 0.2) is 0 Å². The number of ether oxygens (including phenoxy) is 1. The van der Waals surface area contributed by atoms with Gasteiger partial charge in [0, 0.05) is 16.5 Å². The quantitative estimate of drug-likeness (QED) is 0.431. The summed E-state index contributed by atoms with van der Waals surface area (Å²) in [5, 5.41) is 0.545. The minimum Gasteiger partial charge on any atom is -0.497 e. The second kappa shape index (κ2) is 5.15. The molecule has 0 heterocycles. The Balaban J connectivity index is 3.30. The number of methoxy groups -OCH3 is 1. The minimum atomic E-state index is -0.278. The first-order valence-corrected chi connectivity index (χ1v) is 5.55. The monoisotopic (exact) mass is 270 g/mol. The lowest BCUT2D eigenvalue weighted by Gasteiger charge is -2.07. The molecule has 0 spiro atoms.